The number of hydrogen-bond acceptors (Lipinski definition) is 6. The molecule has 0 aliphatic heterocycles. The van der Waals surface area contributed by atoms with Gasteiger partial charge in [-0.05, 0) is 0 Å². The molecule has 80 valence electrons. The van der Waals surface area contributed by atoms with Crippen molar-refractivity contribution in [2.24, 2.45) is 0 Å². The lowest BCUT2D eigenvalue weighted by Crippen LogP contribution is -2.19. The summed E-state index contributed by atoms with van der Waals surface area (Å²) < 4.78 is 0. The Hall–Kier alpha value is -1.42. The first-order valence-electron chi connectivity index (χ1n) is 4.07. The van der Waals surface area contributed by atoms with E-state index in [-0.39, 0.29) is 23.1 Å². The molecular formula is C8H9ClN4O2. The smallest absolute Gasteiger partial charge is 0.155 e. The Labute approximate surface area is 91.0 Å². The maximum Gasteiger partial charge on any atom is 0.155 e. The van der Waals surface area contributed by atoms with Crippen LogP contribution >= 0.6 is 11.6 Å². The van der Waals surface area contributed by atoms with Gasteiger partial charge in [0.2, 0.25) is 0 Å². The number of nitrogen functional groups attached to an aromatic ring is 1. The highest BCUT2D eigenvalue weighted by molar-refractivity contribution is 6.30. The summed E-state index contributed by atoms with van der Waals surface area (Å²) in [6, 6.07) is 1.72. The number of anilines is 1. The van der Waals surface area contributed by atoms with Gasteiger partial charge in [-0.3, -0.25) is 4.98 Å². The predicted molar refractivity (Wildman–Crippen MR) is 52.7 cm³/mol. The Balaban J connectivity index is 2.91. The van der Waals surface area contributed by atoms with Crippen molar-refractivity contribution in [3.8, 4) is 6.07 Å². The van der Waals surface area contributed by atoms with Crippen molar-refractivity contribution in [1.29, 1.82) is 5.26 Å². The zero-order valence-electron chi connectivity index (χ0n) is 7.63. The summed E-state index contributed by atoms with van der Waals surface area (Å²) in [4.78, 5) is 7.41. The number of aliphatic hydroxyl groups is 2. The zero-order chi connectivity index (χ0) is 11.4. The summed E-state index contributed by atoms with van der Waals surface area (Å²) in [5.41, 5.74) is 5.32. The third-order valence-electron chi connectivity index (χ3n) is 1.72. The molecule has 0 aromatic carbocycles. The normalized spacial score (nSPS) is 14.3. The molecule has 0 aliphatic carbocycles. The van der Waals surface area contributed by atoms with Crippen LogP contribution in [0.4, 0.5) is 5.82 Å². The standard InChI is InChI=1S/C8H9ClN4O2/c9-8-6(12-3-5(11)13-8)7(15)4(14)1-2-10/h3-4,7,14-15H,1H2,(H2,11,13). The van der Waals surface area contributed by atoms with Crippen molar-refractivity contribution < 1.29 is 10.2 Å². The van der Waals surface area contributed by atoms with E-state index in [0.717, 1.165) is 0 Å². The Morgan fingerprint density at radius 2 is 2.27 bits per heavy atom. The maximum atomic E-state index is 9.56. The van der Waals surface area contributed by atoms with E-state index in [2.05, 4.69) is 9.97 Å². The van der Waals surface area contributed by atoms with Crippen molar-refractivity contribution in [3.05, 3.63) is 17.0 Å². The van der Waals surface area contributed by atoms with E-state index < -0.39 is 12.2 Å². The lowest BCUT2D eigenvalue weighted by Gasteiger charge is -2.15. The largest absolute Gasteiger partial charge is 0.389 e. The lowest BCUT2D eigenvalue weighted by molar-refractivity contribution is 0.0189. The summed E-state index contributed by atoms with van der Waals surface area (Å²) in [6.07, 6.45) is -1.59. The molecule has 2 atom stereocenters. The molecule has 0 aliphatic rings. The molecule has 1 aromatic rings. The molecule has 0 amide bonds. The van der Waals surface area contributed by atoms with E-state index in [4.69, 9.17) is 22.6 Å². The summed E-state index contributed by atoms with van der Waals surface area (Å²) in [7, 11) is 0. The molecule has 0 fully saturated rings. The highest BCUT2D eigenvalue weighted by Crippen LogP contribution is 2.23. The lowest BCUT2D eigenvalue weighted by atomic mass is 10.1. The van der Waals surface area contributed by atoms with Crippen LogP contribution in [0.25, 0.3) is 0 Å². The Bertz CT molecular complexity index is 393. The van der Waals surface area contributed by atoms with Gasteiger partial charge in [-0.1, -0.05) is 11.6 Å². The van der Waals surface area contributed by atoms with Crippen molar-refractivity contribution in [2.45, 2.75) is 18.6 Å². The fraction of sp³-hybridized carbons (Fsp3) is 0.375. The number of nitriles is 1. The van der Waals surface area contributed by atoms with Crippen LogP contribution in [0.15, 0.2) is 6.20 Å². The molecule has 1 aromatic heterocycles. The summed E-state index contributed by atoms with van der Waals surface area (Å²) in [5, 5.41) is 27.1. The molecule has 0 bridgehead atoms. The average Bonchev–Trinajstić information content (AvgIpc) is 2.17. The molecule has 0 radical (unpaired) electrons. The van der Waals surface area contributed by atoms with Crippen molar-refractivity contribution in [3.63, 3.8) is 0 Å². The van der Waals surface area contributed by atoms with Crippen LogP contribution in [0.1, 0.15) is 18.2 Å². The summed E-state index contributed by atoms with van der Waals surface area (Å²) in [5.74, 6) is 0.116. The highest BCUT2D eigenvalue weighted by atomic mass is 35.5. The third kappa shape index (κ3) is 2.76. The average molecular weight is 229 g/mol. The molecule has 2 unspecified atom stereocenters. The van der Waals surface area contributed by atoms with Gasteiger partial charge in [-0.2, -0.15) is 5.26 Å². The molecule has 0 saturated carbocycles. The van der Waals surface area contributed by atoms with Crippen LogP contribution < -0.4 is 5.73 Å². The van der Waals surface area contributed by atoms with E-state index in [1.54, 1.807) is 6.07 Å². The van der Waals surface area contributed by atoms with Gasteiger partial charge in [0.1, 0.15) is 17.6 Å². The van der Waals surface area contributed by atoms with Crippen LogP contribution in [0.2, 0.25) is 5.15 Å². The van der Waals surface area contributed by atoms with E-state index in [1.807, 2.05) is 0 Å². The molecule has 0 spiro atoms. The van der Waals surface area contributed by atoms with Gasteiger partial charge < -0.3 is 15.9 Å². The van der Waals surface area contributed by atoms with Crippen LogP contribution in [0.5, 0.6) is 0 Å². The van der Waals surface area contributed by atoms with E-state index in [0.29, 0.717) is 0 Å². The van der Waals surface area contributed by atoms with Crippen LogP contribution in [-0.2, 0) is 0 Å². The number of aromatic nitrogens is 2. The van der Waals surface area contributed by atoms with Gasteiger partial charge in [0.05, 0.1) is 24.8 Å². The maximum absolute atomic E-state index is 9.56. The number of aliphatic hydroxyl groups excluding tert-OH is 2. The molecule has 6 nitrogen and oxygen atoms in total. The van der Waals surface area contributed by atoms with Gasteiger partial charge in [0, 0.05) is 0 Å². The number of nitrogens with zero attached hydrogens (tertiary/aromatic N) is 3. The fourth-order valence-electron chi connectivity index (χ4n) is 0.974. The van der Waals surface area contributed by atoms with E-state index in [9.17, 15) is 10.2 Å². The first-order valence-corrected chi connectivity index (χ1v) is 4.45. The minimum Gasteiger partial charge on any atom is -0.389 e. The Morgan fingerprint density at radius 1 is 1.60 bits per heavy atom. The first kappa shape index (κ1) is 11.7. The van der Waals surface area contributed by atoms with Gasteiger partial charge in [-0.25, -0.2) is 4.98 Å². The van der Waals surface area contributed by atoms with Crippen molar-refractivity contribution >= 4 is 17.4 Å². The SMILES string of the molecule is N#CCC(O)C(O)c1ncc(N)nc1Cl. The van der Waals surface area contributed by atoms with Crippen molar-refractivity contribution in [1.82, 2.24) is 9.97 Å². The zero-order valence-corrected chi connectivity index (χ0v) is 8.39. The molecule has 1 rings (SSSR count). The molecule has 7 heteroatoms. The van der Waals surface area contributed by atoms with Crippen LogP contribution in [0.3, 0.4) is 0 Å². The van der Waals surface area contributed by atoms with E-state index >= 15 is 0 Å². The number of halogens is 1. The van der Waals surface area contributed by atoms with Crippen LogP contribution in [0, 0.1) is 11.3 Å². The molecular weight excluding hydrogens is 220 g/mol. The van der Waals surface area contributed by atoms with Crippen molar-refractivity contribution in [2.75, 3.05) is 5.73 Å². The quantitative estimate of drug-likeness (QED) is 0.672. The molecule has 1 heterocycles. The number of hydrogen-bond donors (Lipinski definition) is 3. The summed E-state index contributed by atoms with van der Waals surface area (Å²) in [6.45, 7) is 0. The fourth-order valence-corrected chi connectivity index (χ4v) is 1.23. The van der Waals surface area contributed by atoms with Gasteiger partial charge in [0.15, 0.2) is 5.15 Å². The van der Waals surface area contributed by atoms with Gasteiger partial charge >= 0.3 is 0 Å². The minimum atomic E-state index is -1.34. The Kier molecular flexibility index (Phi) is 3.80. The second kappa shape index (κ2) is 4.89. The third-order valence-corrected chi connectivity index (χ3v) is 2.00. The number of rotatable bonds is 3. The Morgan fingerprint density at radius 3 is 2.80 bits per heavy atom. The second-order valence-corrected chi connectivity index (χ2v) is 3.20. The van der Waals surface area contributed by atoms with Gasteiger partial charge in [-0.15, -0.1) is 0 Å². The van der Waals surface area contributed by atoms with Gasteiger partial charge in [0.25, 0.3) is 0 Å². The molecule has 4 N–H and O–H groups in total. The molecule has 15 heavy (non-hydrogen) atoms. The first-order chi connectivity index (χ1) is 7.06. The molecule has 0 saturated heterocycles. The second-order valence-electron chi connectivity index (χ2n) is 2.85. The van der Waals surface area contributed by atoms with Crippen LogP contribution in [-0.4, -0.2) is 26.3 Å². The monoisotopic (exact) mass is 228 g/mol. The highest BCUT2D eigenvalue weighted by Gasteiger charge is 2.22. The van der Waals surface area contributed by atoms with E-state index in [1.165, 1.54) is 6.20 Å². The topological polar surface area (TPSA) is 116 Å². The number of nitrogens with two attached hydrogens (primary N) is 1. The predicted octanol–water partition coefficient (Wildman–Crippen LogP) is 0.0202. The summed E-state index contributed by atoms with van der Waals surface area (Å²) >= 11 is 5.66. The minimum absolute atomic E-state index is 0.00798.